The summed E-state index contributed by atoms with van der Waals surface area (Å²) in [7, 11) is -4.51. The largest absolute Gasteiger partial charge is 0.357 e. The van der Waals surface area contributed by atoms with Gasteiger partial charge in [-0.25, -0.2) is 0 Å². The summed E-state index contributed by atoms with van der Waals surface area (Å²) in [6.45, 7) is 0. The molecule has 2 N–H and O–H groups in total. The monoisotopic (exact) mass is 336 g/mol. The highest BCUT2D eigenvalue weighted by molar-refractivity contribution is 7.63. The van der Waals surface area contributed by atoms with Gasteiger partial charge in [-0.3, -0.25) is 4.57 Å². The van der Waals surface area contributed by atoms with E-state index >= 15 is 0 Å². The van der Waals surface area contributed by atoms with Gasteiger partial charge < -0.3 is 9.79 Å². The van der Waals surface area contributed by atoms with E-state index in [0.717, 1.165) is 11.1 Å². The highest BCUT2D eigenvalue weighted by atomic mass is 31.2. The van der Waals surface area contributed by atoms with Gasteiger partial charge in [0, 0.05) is 5.57 Å². The Balaban J connectivity index is 2.40. The SMILES string of the molecule is O=P(O)(O)C(=C(c1ccccc1)c1ccccc1)c1ccccc1. The summed E-state index contributed by atoms with van der Waals surface area (Å²) in [5, 5.41) is 0.0421. The van der Waals surface area contributed by atoms with E-state index < -0.39 is 7.60 Å². The van der Waals surface area contributed by atoms with Crippen LogP contribution in [-0.4, -0.2) is 9.79 Å². The Hall–Kier alpha value is -2.45. The second kappa shape index (κ2) is 6.98. The third kappa shape index (κ3) is 3.55. The molecular formula is C20H17O3P. The number of rotatable bonds is 4. The van der Waals surface area contributed by atoms with Crippen molar-refractivity contribution in [1.82, 2.24) is 0 Å². The summed E-state index contributed by atoms with van der Waals surface area (Å²) in [5.74, 6) is 0. The zero-order valence-electron chi connectivity index (χ0n) is 12.9. The van der Waals surface area contributed by atoms with Crippen LogP contribution in [0.1, 0.15) is 16.7 Å². The third-order valence-electron chi connectivity index (χ3n) is 3.70. The van der Waals surface area contributed by atoms with Gasteiger partial charge in [0.25, 0.3) is 0 Å². The molecule has 0 aliphatic heterocycles. The van der Waals surface area contributed by atoms with Gasteiger partial charge in [0.05, 0.1) is 5.31 Å². The summed E-state index contributed by atoms with van der Waals surface area (Å²) >= 11 is 0. The molecule has 0 saturated heterocycles. The van der Waals surface area contributed by atoms with Gasteiger partial charge in [0.2, 0.25) is 0 Å². The minimum atomic E-state index is -4.51. The van der Waals surface area contributed by atoms with Gasteiger partial charge in [-0.2, -0.15) is 0 Å². The molecule has 4 heteroatoms. The maximum Gasteiger partial charge on any atom is 0.357 e. The van der Waals surface area contributed by atoms with Crippen molar-refractivity contribution >= 4 is 18.5 Å². The Morgan fingerprint density at radius 1 is 0.583 bits per heavy atom. The molecule has 120 valence electrons. The molecule has 0 unspecified atom stereocenters. The third-order valence-corrected chi connectivity index (χ3v) is 4.76. The highest BCUT2D eigenvalue weighted by Crippen LogP contribution is 2.55. The van der Waals surface area contributed by atoms with E-state index in [-0.39, 0.29) is 5.31 Å². The average Bonchev–Trinajstić information content (AvgIpc) is 2.61. The van der Waals surface area contributed by atoms with Crippen LogP contribution in [-0.2, 0) is 4.57 Å². The molecule has 3 nitrogen and oxygen atoms in total. The molecule has 0 atom stereocenters. The number of hydrogen-bond acceptors (Lipinski definition) is 1. The topological polar surface area (TPSA) is 57.5 Å². The smallest absolute Gasteiger partial charge is 0.321 e. The van der Waals surface area contributed by atoms with Crippen LogP contribution in [0.4, 0.5) is 0 Å². The minimum Gasteiger partial charge on any atom is -0.321 e. The van der Waals surface area contributed by atoms with Gasteiger partial charge in [-0.15, -0.1) is 0 Å². The van der Waals surface area contributed by atoms with Gasteiger partial charge in [0.15, 0.2) is 0 Å². The maximum absolute atomic E-state index is 12.4. The zero-order valence-corrected chi connectivity index (χ0v) is 13.8. The van der Waals surface area contributed by atoms with Gasteiger partial charge in [-0.05, 0) is 16.7 Å². The van der Waals surface area contributed by atoms with E-state index in [1.165, 1.54) is 0 Å². The lowest BCUT2D eigenvalue weighted by Crippen LogP contribution is -1.96. The molecule has 24 heavy (non-hydrogen) atoms. The summed E-state index contributed by atoms with van der Waals surface area (Å²) < 4.78 is 12.4. The maximum atomic E-state index is 12.4. The molecule has 0 spiro atoms. The van der Waals surface area contributed by atoms with E-state index in [1.54, 1.807) is 24.3 Å². The van der Waals surface area contributed by atoms with Crippen molar-refractivity contribution in [3.8, 4) is 0 Å². The Kier molecular flexibility index (Phi) is 4.77. The van der Waals surface area contributed by atoms with E-state index in [4.69, 9.17) is 0 Å². The fourth-order valence-electron chi connectivity index (χ4n) is 2.70. The molecule has 0 saturated carbocycles. The van der Waals surface area contributed by atoms with Crippen LogP contribution in [0.25, 0.3) is 10.9 Å². The Bertz CT molecular complexity index is 840. The van der Waals surface area contributed by atoms with Crippen molar-refractivity contribution in [3.05, 3.63) is 108 Å². The first-order valence-electron chi connectivity index (χ1n) is 7.54. The van der Waals surface area contributed by atoms with Crippen LogP contribution in [0.2, 0.25) is 0 Å². The predicted molar refractivity (Wildman–Crippen MR) is 97.3 cm³/mol. The van der Waals surface area contributed by atoms with Crippen molar-refractivity contribution in [2.75, 3.05) is 0 Å². The first-order chi connectivity index (χ1) is 11.6. The lowest BCUT2D eigenvalue weighted by atomic mass is 9.95. The normalized spacial score (nSPS) is 11.1. The molecule has 0 aliphatic carbocycles. The molecule has 3 rings (SSSR count). The number of hydrogen-bond donors (Lipinski definition) is 2. The molecule has 0 heterocycles. The quantitative estimate of drug-likeness (QED) is 0.532. The van der Waals surface area contributed by atoms with Crippen molar-refractivity contribution in [2.45, 2.75) is 0 Å². The fraction of sp³-hybridized carbons (Fsp3) is 0. The molecule has 0 fully saturated rings. The first kappa shape index (κ1) is 16.4. The Labute approximate surface area is 141 Å². The Morgan fingerprint density at radius 3 is 1.25 bits per heavy atom. The van der Waals surface area contributed by atoms with E-state index in [0.29, 0.717) is 11.1 Å². The summed E-state index contributed by atoms with van der Waals surface area (Å²) in [6, 6.07) is 27.5. The van der Waals surface area contributed by atoms with Crippen molar-refractivity contribution in [1.29, 1.82) is 0 Å². The molecule has 0 radical (unpaired) electrons. The Morgan fingerprint density at radius 2 is 0.917 bits per heavy atom. The number of benzene rings is 3. The molecule has 0 amide bonds. The van der Waals surface area contributed by atoms with Crippen LogP contribution in [0.3, 0.4) is 0 Å². The minimum absolute atomic E-state index is 0.0421. The van der Waals surface area contributed by atoms with Gasteiger partial charge >= 0.3 is 7.60 Å². The lowest BCUT2D eigenvalue weighted by Gasteiger charge is -2.18. The van der Waals surface area contributed by atoms with E-state index in [1.807, 2.05) is 66.7 Å². The lowest BCUT2D eigenvalue weighted by molar-refractivity contribution is 0.388. The van der Waals surface area contributed by atoms with Crippen molar-refractivity contribution in [2.24, 2.45) is 0 Å². The summed E-state index contributed by atoms with van der Waals surface area (Å²) in [4.78, 5) is 20.2. The van der Waals surface area contributed by atoms with Crippen LogP contribution >= 0.6 is 7.60 Å². The first-order valence-corrected chi connectivity index (χ1v) is 9.15. The molecule has 3 aromatic carbocycles. The fourth-order valence-corrected chi connectivity index (χ4v) is 3.74. The van der Waals surface area contributed by atoms with Crippen molar-refractivity contribution < 1.29 is 14.4 Å². The molecular weight excluding hydrogens is 319 g/mol. The average molecular weight is 336 g/mol. The molecule has 3 aromatic rings. The molecule has 0 aromatic heterocycles. The predicted octanol–water partition coefficient (Wildman–Crippen LogP) is 4.78. The van der Waals surface area contributed by atoms with Gasteiger partial charge in [0.1, 0.15) is 0 Å². The second-order valence-electron chi connectivity index (χ2n) is 5.37. The van der Waals surface area contributed by atoms with E-state index in [9.17, 15) is 14.4 Å². The summed E-state index contributed by atoms with van der Waals surface area (Å²) in [5.41, 5.74) is 2.61. The van der Waals surface area contributed by atoms with Gasteiger partial charge in [-0.1, -0.05) is 91.0 Å². The second-order valence-corrected chi connectivity index (χ2v) is 6.90. The van der Waals surface area contributed by atoms with Crippen molar-refractivity contribution in [3.63, 3.8) is 0 Å². The van der Waals surface area contributed by atoms with Crippen LogP contribution in [0, 0.1) is 0 Å². The van der Waals surface area contributed by atoms with Crippen LogP contribution < -0.4 is 0 Å². The highest BCUT2D eigenvalue weighted by Gasteiger charge is 2.28. The molecule has 0 aliphatic rings. The van der Waals surface area contributed by atoms with Crippen LogP contribution in [0.5, 0.6) is 0 Å². The van der Waals surface area contributed by atoms with E-state index in [2.05, 4.69) is 0 Å². The van der Waals surface area contributed by atoms with Crippen LogP contribution in [0.15, 0.2) is 91.0 Å². The molecule has 0 bridgehead atoms. The summed E-state index contributed by atoms with van der Waals surface area (Å²) in [6.07, 6.45) is 0. The zero-order chi connectivity index (χ0) is 17.0. The standard InChI is InChI=1S/C20H17O3P/c21-24(22,23)20(18-14-8-3-9-15-18)19(16-10-4-1-5-11-16)17-12-6-2-7-13-17/h1-15H,(H2,21,22,23).